The lowest BCUT2D eigenvalue weighted by molar-refractivity contribution is -0.145. The summed E-state index contributed by atoms with van der Waals surface area (Å²) in [6.45, 7) is 10.6. The number of piperazine rings is 1. The van der Waals surface area contributed by atoms with Crippen LogP contribution in [0.5, 0.6) is 0 Å². The summed E-state index contributed by atoms with van der Waals surface area (Å²) in [5.74, 6) is -2.00. The minimum Gasteiger partial charge on any atom is -0.481 e. The number of hydrogen-bond acceptors (Lipinski definition) is 8. The Kier molecular flexibility index (Phi) is 13.6. The van der Waals surface area contributed by atoms with Gasteiger partial charge in [0.05, 0.1) is 18.1 Å². The fourth-order valence-corrected chi connectivity index (χ4v) is 3.35. The summed E-state index contributed by atoms with van der Waals surface area (Å²) in [5.41, 5.74) is 6.33. The van der Waals surface area contributed by atoms with Crippen molar-refractivity contribution in [3.63, 3.8) is 0 Å². The summed E-state index contributed by atoms with van der Waals surface area (Å²) in [6, 6.07) is 9.55. The van der Waals surface area contributed by atoms with Crippen LogP contribution in [0.1, 0.15) is 39.7 Å². The molecule has 1 unspecified atom stereocenters. The van der Waals surface area contributed by atoms with E-state index in [-0.39, 0.29) is 11.8 Å². The molecule has 1 aromatic rings. The molecule has 5 atom stereocenters. The van der Waals surface area contributed by atoms with Gasteiger partial charge >= 0.3 is 5.97 Å². The van der Waals surface area contributed by atoms with Gasteiger partial charge in [0.1, 0.15) is 11.6 Å². The van der Waals surface area contributed by atoms with Gasteiger partial charge in [0.25, 0.3) is 0 Å². The number of carboxylic acids is 1. The van der Waals surface area contributed by atoms with Crippen molar-refractivity contribution in [1.82, 2.24) is 20.9 Å². The van der Waals surface area contributed by atoms with Crippen LogP contribution in [0.25, 0.3) is 0 Å². The van der Waals surface area contributed by atoms with Crippen LogP contribution in [0.3, 0.4) is 0 Å². The number of carbonyl (C=O) groups is 3. The molecule has 2 aliphatic rings. The van der Waals surface area contributed by atoms with Crippen molar-refractivity contribution in [3.8, 4) is 0 Å². The summed E-state index contributed by atoms with van der Waals surface area (Å²) >= 11 is 0. The third-order valence-corrected chi connectivity index (χ3v) is 6.12. The Morgan fingerprint density at radius 2 is 1.81 bits per heavy atom. The molecular weight excluding hydrogens is 466 g/mol. The maximum Gasteiger partial charge on any atom is 0.308 e. The highest BCUT2D eigenvalue weighted by atomic mass is 16.4. The molecule has 2 aliphatic heterocycles. The first-order valence-corrected chi connectivity index (χ1v) is 12.4. The maximum absolute atomic E-state index is 12.0. The Morgan fingerprint density at radius 1 is 1.17 bits per heavy atom. The molecule has 0 aromatic heterocycles. The average Bonchev–Trinajstić information content (AvgIpc) is 2.87. The van der Waals surface area contributed by atoms with Gasteiger partial charge in [0.15, 0.2) is 0 Å². The quantitative estimate of drug-likeness (QED) is 0.176. The number of carbonyl (C=O) groups excluding carboxylic acids is 2. The standard InChI is InChI=1S/C10H18N4O3.C10H15N.C5H10O3/c1-6(15)7(11)8(16)14-3-2-13-10(5-14)4-12-9(10)17;1-2-8-11-9-10-6-4-3-5-7-10;1-3(4(2)6)5(7)8/h6-7,13,15H,2-5,11H2,1H3,(H,12,17);3-7,11H,2,8-9H2,1H3;3-4,6H,1-2H3,(H,7,8)/t6-,7+,10?;;3-,4+/m1.0/s1. The van der Waals surface area contributed by atoms with E-state index < -0.39 is 35.7 Å². The molecule has 1 aromatic carbocycles. The molecule has 8 N–H and O–H groups in total. The maximum atomic E-state index is 12.0. The Balaban J connectivity index is 0.000000295. The normalized spacial score (nSPS) is 21.9. The number of hydrogen-bond donors (Lipinski definition) is 7. The first kappa shape index (κ1) is 31.5. The zero-order valence-corrected chi connectivity index (χ0v) is 21.7. The summed E-state index contributed by atoms with van der Waals surface area (Å²) in [7, 11) is 0. The van der Waals surface area contributed by atoms with Gasteiger partial charge in [-0.05, 0) is 39.3 Å². The second-order valence-electron chi connectivity index (χ2n) is 9.25. The van der Waals surface area contributed by atoms with Crippen LogP contribution >= 0.6 is 0 Å². The van der Waals surface area contributed by atoms with E-state index in [9.17, 15) is 19.5 Å². The number of benzene rings is 1. The van der Waals surface area contributed by atoms with Crippen molar-refractivity contribution < 1.29 is 29.7 Å². The molecule has 3 rings (SSSR count). The molecule has 36 heavy (non-hydrogen) atoms. The first-order chi connectivity index (χ1) is 16.9. The molecule has 11 heteroatoms. The molecule has 2 saturated heterocycles. The molecule has 0 radical (unpaired) electrons. The van der Waals surface area contributed by atoms with Gasteiger partial charge in [0, 0.05) is 32.7 Å². The van der Waals surface area contributed by atoms with Crippen LogP contribution in [0.4, 0.5) is 0 Å². The fraction of sp³-hybridized carbons (Fsp3) is 0.640. The van der Waals surface area contributed by atoms with Gasteiger partial charge in [0.2, 0.25) is 11.8 Å². The number of rotatable bonds is 8. The van der Waals surface area contributed by atoms with Gasteiger partial charge in [-0.2, -0.15) is 0 Å². The third kappa shape index (κ3) is 9.82. The van der Waals surface area contributed by atoms with Gasteiger partial charge in [-0.3, -0.25) is 19.7 Å². The summed E-state index contributed by atoms with van der Waals surface area (Å²) in [4.78, 5) is 35.0. The molecule has 0 saturated carbocycles. The predicted molar refractivity (Wildman–Crippen MR) is 137 cm³/mol. The Morgan fingerprint density at radius 3 is 2.22 bits per heavy atom. The number of nitrogens with one attached hydrogen (secondary N) is 3. The van der Waals surface area contributed by atoms with Gasteiger partial charge in [-0.15, -0.1) is 0 Å². The van der Waals surface area contributed by atoms with E-state index in [0.717, 1.165) is 13.1 Å². The zero-order valence-electron chi connectivity index (χ0n) is 21.7. The van der Waals surface area contributed by atoms with E-state index in [1.54, 1.807) is 4.90 Å². The third-order valence-electron chi connectivity index (χ3n) is 6.12. The van der Waals surface area contributed by atoms with Gasteiger partial charge in [-0.1, -0.05) is 37.3 Å². The number of nitrogens with zero attached hydrogens (tertiary/aromatic N) is 1. The molecule has 2 fully saturated rings. The van der Waals surface area contributed by atoms with Crippen LogP contribution < -0.4 is 21.7 Å². The van der Waals surface area contributed by atoms with Crippen molar-refractivity contribution >= 4 is 17.8 Å². The smallest absolute Gasteiger partial charge is 0.308 e. The van der Waals surface area contributed by atoms with Crippen LogP contribution in [0.2, 0.25) is 0 Å². The van der Waals surface area contributed by atoms with Crippen molar-refractivity contribution in [3.05, 3.63) is 35.9 Å². The number of nitrogens with two attached hydrogens (primary N) is 1. The summed E-state index contributed by atoms with van der Waals surface area (Å²) in [5, 5.41) is 35.2. The summed E-state index contributed by atoms with van der Waals surface area (Å²) < 4.78 is 0. The van der Waals surface area contributed by atoms with E-state index >= 15 is 0 Å². The topological polar surface area (TPSA) is 177 Å². The fourth-order valence-electron chi connectivity index (χ4n) is 3.35. The number of aliphatic hydroxyl groups is 2. The number of amides is 2. The number of β-lactam (4-membered cyclic amide) rings is 1. The highest BCUT2D eigenvalue weighted by Crippen LogP contribution is 2.18. The van der Waals surface area contributed by atoms with Gasteiger partial charge < -0.3 is 36.6 Å². The molecule has 11 nitrogen and oxygen atoms in total. The SMILES string of the molecule is CCCNCc1ccccc1.C[C@@H](O)[C@H](N)C(=O)N1CCNC2(CNC2=O)C1.C[C@H](C(=O)O)[C@@H](C)O. The molecule has 1 spiro atoms. The second kappa shape index (κ2) is 15.5. The van der Waals surface area contributed by atoms with E-state index in [1.165, 1.54) is 32.8 Å². The molecule has 204 valence electrons. The van der Waals surface area contributed by atoms with Crippen molar-refractivity contribution in [2.24, 2.45) is 11.7 Å². The highest BCUT2D eigenvalue weighted by molar-refractivity contribution is 5.94. The second-order valence-corrected chi connectivity index (χ2v) is 9.25. The monoisotopic (exact) mass is 509 g/mol. The van der Waals surface area contributed by atoms with Gasteiger partial charge in [-0.25, -0.2) is 0 Å². The number of aliphatic carboxylic acids is 1. The predicted octanol–water partition coefficient (Wildman–Crippen LogP) is -0.731. The lowest BCUT2D eigenvalue weighted by Crippen LogP contribution is -2.79. The average molecular weight is 510 g/mol. The molecule has 2 heterocycles. The van der Waals surface area contributed by atoms with Crippen LogP contribution in [-0.2, 0) is 20.9 Å². The first-order valence-electron chi connectivity index (χ1n) is 12.4. The number of carboxylic acid groups (broad SMARTS) is 1. The summed E-state index contributed by atoms with van der Waals surface area (Å²) in [6.07, 6.45) is -0.441. The highest BCUT2D eigenvalue weighted by Gasteiger charge is 2.50. The largest absolute Gasteiger partial charge is 0.481 e. The molecular formula is C25H43N5O6. The van der Waals surface area contributed by atoms with E-state index in [1.807, 2.05) is 6.07 Å². The molecule has 0 aliphatic carbocycles. The molecule has 2 amide bonds. The van der Waals surface area contributed by atoms with Crippen molar-refractivity contribution in [1.29, 1.82) is 0 Å². The molecule has 0 bridgehead atoms. The Hall–Kier alpha value is -2.57. The van der Waals surface area contributed by atoms with E-state index in [0.29, 0.717) is 26.2 Å². The van der Waals surface area contributed by atoms with Crippen LogP contribution in [0, 0.1) is 5.92 Å². The van der Waals surface area contributed by atoms with Crippen LogP contribution in [-0.4, -0.2) is 94.5 Å². The van der Waals surface area contributed by atoms with E-state index in [4.69, 9.17) is 15.9 Å². The lowest BCUT2D eigenvalue weighted by Gasteiger charge is -2.48. The van der Waals surface area contributed by atoms with E-state index in [2.05, 4.69) is 47.1 Å². The minimum absolute atomic E-state index is 0.0828. The Bertz CT molecular complexity index is 822. The lowest BCUT2D eigenvalue weighted by atomic mass is 9.88. The Labute approximate surface area is 213 Å². The van der Waals surface area contributed by atoms with Crippen LogP contribution in [0.15, 0.2) is 30.3 Å². The zero-order chi connectivity index (χ0) is 27.3. The van der Waals surface area contributed by atoms with Crippen molar-refractivity contribution in [2.75, 3.05) is 32.7 Å². The number of aliphatic hydroxyl groups excluding tert-OH is 2. The van der Waals surface area contributed by atoms with Crippen molar-refractivity contribution in [2.45, 2.75) is 64.4 Å². The minimum atomic E-state index is -0.958.